The van der Waals surface area contributed by atoms with Crippen LogP contribution in [0.3, 0.4) is 0 Å². The van der Waals surface area contributed by atoms with Crippen LogP contribution in [0.2, 0.25) is 0 Å². The highest BCUT2D eigenvalue weighted by Crippen LogP contribution is 2.44. The molecule has 11 heteroatoms. The highest BCUT2D eigenvalue weighted by atomic mass is 32.1. The number of thiophene rings is 1. The minimum Gasteiger partial charge on any atom is -0.456 e. The Hall–Kier alpha value is -15.7. The van der Waals surface area contributed by atoms with Gasteiger partial charge in [0.2, 0.25) is 0 Å². The SMILES string of the molecule is [C-]#[N+]c1ccc2oc3ccc(-c4ccc(-c5nc6ccccc6c6c5ncc5ccccc56)cc4)cc3c2c1.[C-]#[N+]c1ccc2sc3ccc(-c4ccc(-c5nc6ccccc6c6c5ncc5ccccc56)cc4)cc3c2c1.c1ccc2c(c1)cnc1c(-c3ccc(-c4ccc5oc6ccccc6c5c4)cc3)nc3ccccc3c12. The third-order valence-corrected chi connectivity index (χ3v) is 23.5. The molecule has 0 saturated carbocycles. The van der Waals surface area contributed by atoms with Crippen molar-refractivity contribution in [3.63, 3.8) is 0 Å². The minimum atomic E-state index is 0.608. The molecule has 9 aromatic heterocycles. The lowest BCUT2D eigenvalue weighted by molar-refractivity contribution is 0.668. The molecular weight excluding hydrogens is 1430 g/mol. The first kappa shape index (κ1) is 66.3. The lowest BCUT2D eigenvalue weighted by Gasteiger charge is -2.12. The molecule has 0 atom stereocenters. The first-order valence-electron chi connectivity index (χ1n) is 38.0. The van der Waals surface area contributed by atoms with Crippen molar-refractivity contribution in [2.75, 3.05) is 0 Å². The van der Waals surface area contributed by atoms with Crippen LogP contribution in [0, 0.1) is 13.1 Å². The predicted molar refractivity (Wildman–Crippen MR) is 476 cm³/mol. The predicted octanol–water partition coefficient (Wildman–Crippen LogP) is 29.1. The van der Waals surface area contributed by atoms with Gasteiger partial charge >= 0.3 is 0 Å². The largest absolute Gasteiger partial charge is 0.456 e. The van der Waals surface area contributed by atoms with Gasteiger partial charge in [-0.1, -0.05) is 255 Å². The van der Waals surface area contributed by atoms with Crippen molar-refractivity contribution >= 4 is 184 Å². The zero-order chi connectivity index (χ0) is 76.2. The van der Waals surface area contributed by atoms with Gasteiger partial charge in [-0.25, -0.2) is 24.6 Å². The summed E-state index contributed by atoms with van der Waals surface area (Å²) in [6.45, 7) is 14.8. The molecule has 0 amide bonds. The Bertz CT molecular complexity index is 7880. The van der Waals surface area contributed by atoms with Crippen LogP contribution in [0.5, 0.6) is 0 Å². The molecule has 0 unspecified atom stereocenters. The van der Waals surface area contributed by atoms with Gasteiger partial charge in [0.25, 0.3) is 0 Å². The maximum Gasteiger partial charge on any atom is 0.188 e. The van der Waals surface area contributed by atoms with E-state index in [1.165, 1.54) is 30.9 Å². The van der Waals surface area contributed by atoms with Crippen LogP contribution in [0.4, 0.5) is 11.4 Å². The average molecular weight is 1480 g/mol. The van der Waals surface area contributed by atoms with Crippen molar-refractivity contribution in [1.82, 2.24) is 29.9 Å². The Morgan fingerprint density at radius 2 is 0.522 bits per heavy atom. The molecule has 0 bridgehead atoms. The van der Waals surface area contributed by atoms with E-state index < -0.39 is 0 Å². The molecule has 532 valence electrons. The summed E-state index contributed by atoms with van der Waals surface area (Å²) in [5.41, 5.74) is 23.0. The molecule has 0 aliphatic carbocycles. The second kappa shape index (κ2) is 27.1. The number of aromatic nitrogens is 6. The van der Waals surface area contributed by atoms with Gasteiger partial charge in [-0.3, -0.25) is 15.0 Å². The van der Waals surface area contributed by atoms with E-state index in [9.17, 15) is 0 Å². The third kappa shape index (κ3) is 11.4. The zero-order valence-electron chi connectivity index (χ0n) is 61.3. The number of benzene rings is 15. The van der Waals surface area contributed by atoms with Crippen LogP contribution >= 0.6 is 11.3 Å². The van der Waals surface area contributed by atoms with E-state index >= 15 is 0 Å². The Labute approximate surface area is 661 Å². The smallest absolute Gasteiger partial charge is 0.188 e. The maximum absolute atomic E-state index is 7.40. The number of hydrogen-bond donors (Lipinski definition) is 0. The molecule has 24 aromatic rings. The van der Waals surface area contributed by atoms with Crippen LogP contribution in [0.25, 0.3) is 239 Å². The second-order valence-corrected chi connectivity index (χ2v) is 30.0. The molecule has 0 aliphatic heterocycles. The number of rotatable bonds is 6. The van der Waals surface area contributed by atoms with E-state index in [4.69, 9.17) is 51.9 Å². The Kier molecular flexibility index (Phi) is 15.6. The summed E-state index contributed by atoms with van der Waals surface area (Å²) in [6.07, 6.45) is 5.85. The number of nitrogens with zero attached hydrogens (tertiary/aromatic N) is 8. The molecule has 0 fully saturated rings. The van der Waals surface area contributed by atoms with Gasteiger partial charge in [0.1, 0.15) is 22.3 Å². The number of fused-ring (bicyclic) bond motifs is 24. The summed E-state index contributed by atoms with van der Waals surface area (Å²) in [6, 6.07) is 115. The number of hydrogen-bond acceptors (Lipinski definition) is 9. The van der Waals surface area contributed by atoms with Gasteiger partial charge in [-0.15, -0.1) is 11.3 Å². The Balaban J connectivity index is 0.000000105. The standard InChI is InChI=1S/C35H19N3O.C35H19N3S.C34H20N2O/c2*1-36-25-15-17-32-29(19-25)28-18-23(14-16-31(28)39-32)21-10-12-22(13-11-21)34-35-33(27-8-4-5-9-30(27)38-34)26-7-3-2-6-24(26)20-37-35;1-2-8-25-24(7-1)20-35-34-32(25)27-10-3-5-11-29(27)36-33(34)22-15-13-21(14-16-22)23-17-18-31-28(19-23)26-9-4-6-12-30(26)37-31/h2*2-20H;1-20H. The summed E-state index contributed by atoms with van der Waals surface area (Å²) < 4.78 is 14.5. The lowest BCUT2D eigenvalue weighted by Crippen LogP contribution is -1.93. The average Bonchev–Trinajstić information content (AvgIpc) is 1.57. The van der Waals surface area contributed by atoms with E-state index in [0.29, 0.717) is 11.4 Å². The van der Waals surface area contributed by atoms with Crippen LogP contribution < -0.4 is 0 Å². The first-order valence-corrected chi connectivity index (χ1v) is 38.8. The topological polar surface area (TPSA) is 112 Å². The molecule has 15 aromatic carbocycles. The summed E-state index contributed by atoms with van der Waals surface area (Å²) in [4.78, 5) is 37.1. The van der Waals surface area contributed by atoms with Crippen molar-refractivity contribution in [2.24, 2.45) is 0 Å². The zero-order valence-corrected chi connectivity index (χ0v) is 62.1. The van der Waals surface area contributed by atoms with E-state index in [0.717, 1.165) is 198 Å². The summed E-state index contributed by atoms with van der Waals surface area (Å²) >= 11 is 1.77. The quantitative estimate of drug-likeness (QED) is 0.120. The number of para-hydroxylation sites is 4. The van der Waals surface area contributed by atoms with Crippen LogP contribution in [-0.4, -0.2) is 29.9 Å². The van der Waals surface area contributed by atoms with E-state index in [1.807, 2.05) is 85.3 Å². The summed E-state index contributed by atoms with van der Waals surface area (Å²) in [5, 5.41) is 20.3. The monoisotopic (exact) mass is 1480 g/mol. The Morgan fingerprint density at radius 3 is 0.948 bits per heavy atom. The second-order valence-electron chi connectivity index (χ2n) is 28.9. The van der Waals surface area contributed by atoms with Gasteiger partial charge in [0.05, 0.1) is 63.3 Å². The molecule has 0 aliphatic rings. The van der Waals surface area contributed by atoms with Crippen molar-refractivity contribution in [3.05, 3.63) is 375 Å². The fourth-order valence-corrected chi connectivity index (χ4v) is 17.8. The molecule has 0 saturated heterocycles. The molecule has 10 nitrogen and oxygen atoms in total. The molecule has 0 radical (unpaired) electrons. The maximum atomic E-state index is 7.40. The normalized spacial score (nSPS) is 11.6. The Morgan fingerprint density at radius 1 is 0.235 bits per heavy atom. The fraction of sp³-hybridized carbons (Fsp3) is 0. The molecule has 115 heavy (non-hydrogen) atoms. The number of pyridine rings is 6. The minimum absolute atomic E-state index is 0.608. The fourth-order valence-electron chi connectivity index (χ4n) is 16.7. The van der Waals surface area contributed by atoms with Gasteiger partial charge < -0.3 is 8.83 Å². The molecule has 0 N–H and O–H groups in total. The van der Waals surface area contributed by atoms with Crippen molar-refractivity contribution in [3.8, 4) is 67.2 Å². The molecule has 0 spiro atoms. The molecule has 24 rings (SSSR count). The molecule has 9 heterocycles. The van der Waals surface area contributed by atoms with Gasteiger partial charge in [-0.2, -0.15) is 0 Å². The van der Waals surface area contributed by atoms with E-state index in [1.54, 1.807) is 17.4 Å². The van der Waals surface area contributed by atoms with E-state index in [-0.39, 0.29) is 0 Å². The van der Waals surface area contributed by atoms with Gasteiger partial charge in [0.15, 0.2) is 11.4 Å². The summed E-state index contributed by atoms with van der Waals surface area (Å²) in [5.74, 6) is 0. The van der Waals surface area contributed by atoms with Crippen LogP contribution in [0.15, 0.2) is 361 Å². The van der Waals surface area contributed by atoms with Crippen molar-refractivity contribution in [1.29, 1.82) is 0 Å². The molecular formula is C104H58N8O2S. The third-order valence-electron chi connectivity index (χ3n) is 22.3. The lowest BCUT2D eigenvalue weighted by atomic mass is 9.97. The summed E-state index contributed by atoms with van der Waals surface area (Å²) in [7, 11) is 0. The highest BCUT2D eigenvalue weighted by molar-refractivity contribution is 7.25. The van der Waals surface area contributed by atoms with Gasteiger partial charge in [-0.05, 0) is 139 Å². The van der Waals surface area contributed by atoms with E-state index in [2.05, 4.69) is 271 Å². The van der Waals surface area contributed by atoms with Crippen LogP contribution in [0.1, 0.15) is 0 Å². The first-order chi connectivity index (χ1) is 56.9. The van der Waals surface area contributed by atoms with Crippen molar-refractivity contribution in [2.45, 2.75) is 0 Å². The van der Waals surface area contributed by atoms with Crippen molar-refractivity contribution < 1.29 is 8.83 Å². The van der Waals surface area contributed by atoms with Gasteiger partial charge in [0, 0.05) is 115 Å². The van der Waals surface area contributed by atoms with Crippen LogP contribution in [-0.2, 0) is 0 Å². The number of furan rings is 2. The highest BCUT2D eigenvalue weighted by Gasteiger charge is 2.21.